The average Bonchev–Trinajstić information content (AvgIpc) is 2.63. The van der Waals surface area contributed by atoms with E-state index in [0.29, 0.717) is 6.04 Å². The van der Waals surface area contributed by atoms with Gasteiger partial charge in [0.25, 0.3) is 0 Å². The molecular weight excluding hydrogens is 302 g/mol. The molecular formula is C18H29N5O. The van der Waals surface area contributed by atoms with E-state index in [1.807, 2.05) is 17.0 Å². The van der Waals surface area contributed by atoms with Gasteiger partial charge in [-0.25, -0.2) is 0 Å². The molecule has 0 aliphatic carbocycles. The third-order valence-corrected chi connectivity index (χ3v) is 5.15. The molecule has 132 valence electrons. The third kappa shape index (κ3) is 3.94. The van der Waals surface area contributed by atoms with Gasteiger partial charge in [-0.1, -0.05) is 6.92 Å². The molecule has 2 atom stereocenters. The van der Waals surface area contributed by atoms with Crippen LogP contribution in [-0.4, -0.2) is 84.0 Å². The van der Waals surface area contributed by atoms with Gasteiger partial charge in [-0.05, 0) is 31.2 Å². The fourth-order valence-electron chi connectivity index (χ4n) is 3.71. The second-order valence-electron chi connectivity index (χ2n) is 6.79. The van der Waals surface area contributed by atoms with Gasteiger partial charge in [0.1, 0.15) is 6.04 Å². The summed E-state index contributed by atoms with van der Waals surface area (Å²) in [6.07, 6.45) is 3.58. The normalized spacial score (nSPS) is 24.8. The van der Waals surface area contributed by atoms with Gasteiger partial charge < -0.3 is 15.1 Å². The minimum atomic E-state index is -0.189. The predicted octanol–water partition coefficient (Wildman–Crippen LogP) is 0.581. The van der Waals surface area contributed by atoms with Crippen molar-refractivity contribution in [2.75, 3.05) is 52.4 Å². The van der Waals surface area contributed by atoms with Gasteiger partial charge in [-0.2, -0.15) is 0 Å². The maximum atomic E-state index is 13.3. The highest BCUT2D eigenvalue weighted by atomic mass is 16.2. The topological polar surface area (TPSA) is 51.7 Å². The van der Waals surface area contributed by atoms with Crippen molar-refractivity contribution >= 4 is 5.91 Å². The summed E-state index contributed by atoms with van der Waals surface area (Å²) in [7, 11) is 0. The van der Waals surface area contributed by atoms with Crippen molar-refractivity contribution in [2.24, 2.45) is 0 Å². The van der Waals surface area contributed by atoms with Crippen LogP contribution in [0.15, 0.2) is 24.5 Å². The van der Waals surface area contributed by atoms with E-state index in [1.54, 1.807) is 12.4 Å². The lowest BCUT2D eigenvalue weighted by Gasteiger charge is -2.41. The van der Waals surface area contributed by atoms with Gasteiger partial charge in [-0.15, -0.1) is 0 Å². The summed E-state index contributed by atoms with van der Waals surface area (Å²) < 4.78 is 0. The number of aromatic nitrogens is 1. The first-order chi connectivity index (χ1) is 11.7. The number of carbonyl (C=O) groups is 1. The molecule has 2 aliphatic rings. The molecule has 0 aromatic carbocycles. The zero-order valence-electron chi connectivity index (χ0n) is 14.8. The van der Waals surface area contributed by atoms with Crippen molar-refractivity contribution in [1.82, 2.24) is 25.0 Å². The van der Waals surface area contributed by atoms with E-state index in [1.165, 1.54) is 0 Å². The first-order valence-electron chi connectivity index (χ1n) is 9.07. The van der Waals surface area contributed by atoms with Gasteiger partial charge in [0.2, 0.25) is 5.91 Å². The van der Waals surface area contributed by atoms with Crippen LogP contribution in [0, 0.1) is 0 Å². The highest BCUT2D eigenvalue weighted by molar-refractivity contribution is 5.83. The average molecular weight is 331 g/mol. The Morgan fingerprint density at radius 2 is 1.96 bits per heavy atom. The first kappa shape index (κ1) is 17.3. The van der Waals surface area contributed by atoms with Crippen LogP contribution in [0.25, 0.3) is 0 Å². The molecule has 3 rings (SSSR count). The Kier molecular flexibility index (Phi) is 5.81. The van der Waals surface area contributed by atoms with Crippen molar-refractivity contribution in [3.8, 4) is 0 Å². The van der Waals surface area contributed by atoms with E-state index < -0.39 is 0 Å². The molecule has 0 saturated carbocycles. The molecule has 6 heteroatoms. The zero-order chi connectivity index (χ0) is 16.9. The summed E-state index contributed by atoms with van der Waals surface area (Å²) in [6.45, 7) is 11.8. The van der Waals surface area contributed by atoms with Gasteiger partial charge in [0.05, 0.1) is 0 Å². The highest BCUT2D eigenvalue weighted by Gasteiger charge is 2.34. The molecule has 0 bridgehead atoms. The smallest absolute Gasteiger partial charge is 0.244 e. The molecule has 1 N–H and O–H groups in total. The van der Waals surface area contributed by atoms with Crippen LogP contribution in [-0.2, 0) is 4.79 Å². The number of nitrogens with one attached hydrogen (secondary N) is 1. The maximum absolute atomic E-state index is 13.3. The van der Waals surface area contributed by atoms with Crippen molar-refractivity contribution in [1.29, 1.82) is 0 Å². The van der Waals surface area contributed by atoms with Crippen LogP contribution in [0.1, 0.15) is 25.5 Å². The quantitative estimate of drug-likeness (QED) is 0.875. The second kappa shape index (κ2) is 8.05. The number of rotatable bonds is 4. The SMILES string of the molecule is CCN1CCN(C(=O)C(c2ccncc2)N2CCNC(C)C2)CC1. The Hall–Kier alpha value is -1.50. The van der Waals surface area contributed by atoms with Crippen LogP contribution in [0.2, 0.25) is 0 Å². The van der Waals surface area contributed by atoms with Gasteiger partial charge in [-0.3, -0.25) is 14.7 Å². The summed E-state index contributed by atoms with van der Waals surface area (Å²) in [5, 5.41) is 3.46. The number of carbonyl (C=O) groups excluding carboxylic acids is 1. The Morgan fingerprint density at radius 1 is 1.25 bits per heavy atom. The molecule has 0 spiro atoms. The molecule has 1 aromatic rings. The van der Waals surface area contributed by atoms with Gasteiger partial charge in [0.15, 0.2) is 0 Å². The fourth-order valence-corrected chi connectivity index (χ4v) is 3.71. The van der Waals surface area contributed by atoms with E-state index >= 15 is 0 Å². The standard InChI is InChI=1S/C18H29N5O/c1-3-21-10-12-22(13-11-21)18(24)17(16-4-6-19-7-5-16)23-9-8-20-15(2)14-23/h4-7,15,17,20H,3,8-14H2,1-2H3. The van der Waals surface area contributed by atoms with Crippen LogP contribution in [0.4, 0.5) is 0 Å². The maximum Gasteiger partial charge on any atom is 0.244 e. The number of likely N-dealkylation sites (N-methyl/N-ethyl adjacent to an activating group) is 1. The number of nitrogens with zero attached hydrogens (tertiary/aromatic N) is 4. The van der Waals surface area contributed by atoms with E-state index in [-0.39, 0.29) is 11.9 Å². The van der Waals surface area contributed by atoms with Crippen LogP contribution >= 0.6 is 0 Å². The number of amides is 1. The van der Waals surface area contributed by atoms with E-state index in [0.717, 1.165) is 57.9 Å². The number of pyridine rings is 1. The van der Waals surface area contributed by atoms with Crippen molar-refractivity contribution in [2.45, 2.75) is 25.9 Å². The molecule has 6 nitrogen and oxygen atoms in total. The molecule has 1 aromatic heterocycles. The third-order valence-electron chi connectivity index (χ3n) is 5.15. The summed E-state index contributed by atoms with van der Waals surface area (Å²) in [5.41, 5.74) is 1.06. The summed E-state index contributed by atoms with van der Waals surface area (Å²) in [5.74, 6) is 0.242. The summed E-state index contributed by atoms with van der Waals surface area (Å²) >= 11 is 0. The molecule has 2 fully saturated rings. The van der Waals surface area contributed by atoms with Gasteiger partial charge in [0, 0.05) is 64.2 Å². The Balaban J connectivity index is 1.78. The largest absolute Gasteiger partial charge is 0.338 e. The van der Waals surface area contributed by atoms with Gasteiger partial charge >= 0.3 is 0 Å². The fraction of sp³-hybridized carbons (Fsp3) is 0.667. The minimum absolute atomic E-state index is 0.189. The molecule has 2 aliphatic heterocycles. The van der Waals surface area contributed by atoms with E-state index in [2.05, 4.69) is 33.9 Å². The van der Waals surface area contributed by atoms with Crippen LogP contribution < -0.4 is 5.32 Å². The van der Waals surface area contributed by atoms with Crippen molar-refractivity contribution < 1.29 is 4.79 Å². The Bertz CT molecular complexity index is 529. The van der Waals surface area contributed by atoms with E-state index in [9.17, 15) is 4.79 Å². The summed E-state index contributed by atoms with van der Waals surface area (Å²) in [4.78, 5) is 24.2. The molecule has 0 radical (unpaired) electrons. The minimum Gasteiger partial charge on any atom is -0.338 e. The second-order valence-corrected chi connectivity index (χ2v) is 6.79. The monoisotopic (exact) mass is 331 g/mol. The van der Waals surface area contributed by atoms with E-state index in [4.69, 9.17) is 0 Å². The van der Waals surface area contributed by atoms with Crippen LogP contribution in [0.5, 0.6) is 0 Å². The highest BCUT2D eigenvalue weighted by Crippen LogP contribution is 2.25. The number of hydrogen-bond acceptors (Lipinski definition) is 5. The Morgan fingerprint density at radius 3 is 2.58 bits per heavy atom. The summed E-state index contributed by atoms with van der Waals surface area (Å²) in [6, 6.07) is 4.19. The van der Waals surface area contributed by atoms with Crippen molar-refractivity contribution in [3.05, 3.63) is 30.1 Å². The molecule has 2 saturated heterocycles. The van der Waals surface area contributed by atoms with Crippen molar-refractivity contribution in [3.63, 3.8) is 0 Å². The first-order valence-corrected chi connectivity index (χ1v) is 9.07. The zero-order valence-corrected chi connectivity index (χ0v) is 14.8. The lowest BCUT2D eigenvalue weighted by Crippen LogP contribution is -2.56. The van der Waals surface area contributed by atoms with Crippen LogP contribution in [0.3, 0.4) is 0 Å². The molecule has 1 amide bonds. The number of hydrogen-bond donors (Lipinski definition) is 1. The lowest BCUT2D eigenvalue weighted by atomic mass is 10.0. The Labute approximate surface area is 144 Å². The lowest BCUT2D eigenvalue weighted by molar-refractivity contribution is -0.139. The molecule has 24 heavy (non-hydrogen) atoms. The number of piperazine rings is 2. The predicted molar refractivity (Wildman–Crippen MR) is 94.7 cm³/mol. The molecule has 2 unspecified atom stereocenters. The molecule has 3 heterocycles.